The number of aromatic amines is 1. The number of fused-ring (bicyclic) bond motifs is 1. The van der Waals surface area contributed by atoms with Crippen molar-refractivity contribution in [2.75, 3.05) is 0 Å². The van der Waals surface area contributed by atoms with E-state index in [2.05, 4.69) is 41.3 Å². The zero-order chi connectivity index (χ0) is 11.8. The molecule has 2 heterocycles. The molecule has 86 valence electrons. The molecule has 3 rings (SSSR count). The van der Waals surface area contributed by atoms with Crippen molar-refractivity contribution in [1.29, 1.82) is 0 Å². The molecule has 1 aromatic carbocycles. The minimum atomic E-state index is 0.354. The van der Waals surface area contributed by atoms with E-state index < -0.39 is 0 Å². The topological polar surface area (TPSA) is 46.0 Å². The van der Waals surface area contributed by atoms with E-state index in [4.69, 9.17) is 0 Å². The van der Waals surface area contributed by atoms with E-state index in [1.54, 1.807) is 0 Å². The van der Waals surface area contributed by atoms with Crippen molar-refractivity contribution in [3.63, 3.8) is 0 Å². The second-order valence-electron chi connectivity index (χ2n) is 4.44. The van der Waals surface area contributed by atoms with Gasteiger partial charge in [0.1, 0.15) is 0 Å². The Kier molecular flexibility index (Phi) is 2.21. The van der Waals surface area contributed by atoms with Gasteiger partial charge in [0.15, 0.2) is 11.5 Å². The van der Waals surface area contributed by atoms with E-state index in [0.29, 0.717) is 5.92 Å². The van der Waals surface area contributed by atoms with Gasteiger partial charge in [0, 0.05) is 12.0 Å². The van der Waals surface area contributed by atoms with Gasteiger partial charge < -0.3 is 0 Å². The molecule has 0 saturated carbocycles. The van der Waals surface area contributed by atoms with Gasteiger partial charge >= 0.3 is 0 Å². The molecule has 0 aliphatic heterocycles. The molecule has 17 heavy (non-hydrogen) atoms. The molecule has 0 aliphatic carbocycles. The predicted molar refractivity (Wildman–Crippen MR) is 66.9 cm³/mol. The highest BCUT2D eigenvalue weighted by atomic mass is 15.4. The molecule has 0 fully saturated rings. The quantitative estimate of drug-likeness (QED) is 0.730. The van der Waals surface area contributed by atoms with Crippen LogP contribution in [-0.2, 0) is 0 Å². The van der Waals surface area contributed by atoms with Gasteiger partial charge in [-0.25, -0.2) is 4.52 Å². The van der Waals surface area contributed by atoms with Gasteiger partial charge in [-0.15, -0.1) is 10.2 Å². The highest BCUT2D eigenvalue weighted by Crippen LogP contribution is 2.20. The van der Waals surface area contributed by atoms with E-state index in [9.17, 15) is 0 Å². The SMILES string of the molecule is CC(C)c1nnc2cc(-c3ccccc3)[nH]n12. The smallest absolute Gasteiger partial charge is 0.177 e. The van der Waals surface area contributed by atoms with E-state index in [-0.39, 0.29) is 0 Å². The Bertz CT molecular complexity index is 634. The van der Waals surface area contributed by atoms with E-state index in [0.717, 1.165) is 22.7 Å². The van der Waals surface area contributed by atoms with Crippen molar-refractivity contribution in [1.82, 2.24) is 19.8 Å². The summed E-state index contributed by atoms with van der Waals surface area (Å²) in [5.41, 5.74) is 3.10. The first-order valence-corrected chi connectivity index (χ1v) is 5.75. The summed E-state index contributed by atoms with van der Waals surface area (Å²) in [4.78, 5) is 0. The molecular weight excluding hydrogens is 212 g/mol. The molecule has 0 radical (unpaired) electrons. The molecule has 4 heteroatoms. The average molecular weight is 226 g/mol. The molecule has 0 saturated heterocycles. The third-order valence-electron chi connectivity index (χ3n) is 2.82. The minimum Gasteiger partial charge on any atom is -0.290 e. The van der Waals surface area contributed by atoms with Gasteiger partial charge in [-0.2, -0.15) is 0 Å². The van der Waals surface area contributed by atoms with Crippen LogP contribution in [0, 0.1) is 0 Å². The number of benzene rings is 1. The minimum absolute atomic E-state index is 0.354. The fourth-order valence-electron chi connectivity index (χ4n) is 1.94. The van der Waals surface area contributed by atoms with Crippen molar-refractivity contribution in [3.05, 3.63) is 42.2 Å². The lowest BCUT2D eigenvalue weighted by Crippen LogP contribution is -1.97. The summed E-state index contributed by atoms with van der Waals surface area (Å²) in [6, 6.07) is 12.2. The second kappa shape index (κ2) is 3.73. The van der Waals surface area contributed by atoms with E-state index in [1.807, 2.05) is 28.8 Å². The lowest BCUT2D eigenvalue weighted by molar-refractivity contribution is 0.727. The second-order valence-corrected chi connectivity index (χ2v) is 4.44. The summed E-state index contributed by atoms with van der Waals surface area (Å²) < 4.78 is 1.95. The zero-order valence-electron chi connectivity index (χ0n) is 9.88. The molecule has 4 nitrogen and oxygen atoms in total. The van der Waals surface area contributed by atoms with Gasteiger partial charge in [0.25, 0.3) is 0 Å². The molecule has 0 unspecified atom stereocenters. The number of aromatic nitrogens is 4. The first-order valence-electron chi connectivity index (χ1n) is 5.75. The van der Waals surface area contributed by atoms with Crippen LogP contribution in [0.2, 0.25) is 0 Å². The summed E-state index contributed by atoms with van der Waals surface area (Å²) in [5.74, 6) is 1.31. The molecule has 0 atom stereocenters. The number of H-pyrrole nitrogens is 1. The molecule has 2 aromatic heterocycles. The van der Waals surface area contributed by atoms with Crippen molar-refractivity contribution < 1.29 is 0 Å². The summed E-state index contributed by atoms with van der Waals surface area (Å²) in [5, 5.41) is 11.7. The van der Waals surface area contributed by atoms with E-state index in [1.165, 1.54) is 0 Å². The van der Waals surface area contributed by atoms with Gasteiger partial charge in [-0.3, -0.25) is 5.10 Å². The Balaban J connectivity index is 2.15. The fourth-order valence-corrected chi connectivity index (χ4v) is 1.94. The molecule has 1 N–H and O–H groups in total. The van der Waals surface area contributed by atoms with Gasteiger partial charge in [-0.05, 0) is 5.56 Å². The zero-order valence-corrected chi connectivity index (χ0v) is 9.88. The Hall–Kier alpha value is -2.10. The van der Waals surface area contributed by atoms with Crippen LogP contribution in [0.1, 0.15) is 25.6 Å². The van der Waals surface area contributed by atoms with Crippen molar-refractivity contribution in [3.8, 4) is 11.3 Å². The number of rotatable bonds is 2. The Labute approximate surface area is 99.3 Å². The lowest BCUT2D eigenvalue weighted by atomic mass is 10.2. The van der Waals surface area contributed by atoms with Crippen LogP contribution >= 0.6 is 0 Å². The van der Waals surface area contributed by atoms with Crippen LogP contribution < -0.4 is 0 Å². The number of nitrogens with one attached hydrogen (secondary N) is 1. The van der Waals surface area contributed by atoms with Gasteiger partial charge in [-0.1, -0.05) is 44.2 Å². The normalized spacial score (nSPS) is 11.5. The van der Waals surface area contributed by atoms with Crippen molar-refractivity contribution >= 4 is 5.65 Å². The monoisotopic (exact) mass is 226 g/mol. The number of nitrogens with zero attached hydrogens (tertiary/aromatic N) is 3. The van der Waals surface area contributed by atoms with Crippen molar-refractivity contribution in [2.24, 2.45) is 0 Å². The number of hydrogen-bond donors (Lipinski definition) is 1. The Morgan fingerprint density at radius 1 is 1.12 bits per heavy atom. The molecule has 0 amide bonds. The largest absolute Gasteiger partial charge is 0.290 e. The van der Waals surface area contributed by atoms with Crippen LogP contribution in [0.4, 0.5) is 0 Å². The van der Waals surface area contributed by atoms with Crippen LogP contribution in [0.5, 0.6) is 0 Å². The van der Waals surface area contributed by atoms with E-state index >= 15 is 0 Å². The first-order chi connectivity index (χ1) is 8.25. The molecule has 0 aliphatic rings. The maximum atomic E-state index is 4.17. The van der Waals surface area contributed by atoms with Crippen molar-refractivity contribution in [2.45, 2.75) is 19.8 Å². The van der Waals surface area contributed by atoms with Crippen LogP contribution in [0.15, 0.2) is 36.4 Å². The summed E-state index contributed by atoms with van der Waals surface area (Å²) >= 11 is 0. The Morgan fingerprint density at radius 3 is 2.59 bits per heavy atom. The number of hydrogen-bond acceptors (Lipinski definition) is 2. The maximum Gasteiger partial charge on any atom is 0.177 e. The highest BCUT2D eigenvalue weighted by Gasteiger charge is 2.12. The maximum absolute atomic E-state index is 4.17. The summed E-state index contributed by atoms with van der Waals surface area (Å²) in [7, 11) is 0. The average Bonchev–Trinajstić information content (AvgIpc) is 2.88. The third kappa shape index (κ3) is 1.62. The standard InChI is InChI=1S/C13H14N4/c1-9(2)13-15-14-12-8-11(16-17(12)13)10-6-4-3-5-7-10/h3-9,16H,1-2H3. The molecule has 0 spiro atoms. The summed E-state index contributed by atoms with van der Waals surface area (Å²) in [6.45, 7) is 4.22. The molecule has 0 bridgehead atoms. The lowest BCUT2D eigenvalue weighted by Gasteiger charge is -2.00. The van der Waals surface area contributed by atoms with Crippen LogP contribution in [0.25, 0.3) is 16.9 Å². The van der Waals surface area contributed by atoms with Crippen LogP contribution in [0.3, 0.4) is 0 Å². The predicted octanol–water partition coefficient (Wildman–Crippen LogP) is 2.85. The third-order valence-corrected chi connectivity index (χ3v) is 2.82. The Morgan fingerprint density at radius 2 is 1.88 bits per heavy atom. The highest BCUT2D eigenvalue weighted by molar-refractivity contribution is 5.63. The van der Waals surface area contributed by atoms with Gasteiger partial charge in [0.2, 0.25) is 0 Å². The fraction of sp³-hybridized carbons (Fsp3) is 0.231. The first kappa shape index (κ1) is 10.1. The molecular formula is C13H14N4. The van der Waals surface area contributed by atoms with Gasteiger partial charge in [0.05, 0.1) is 5.69 Å². The molecule has 3 aromatic rings. The summed E-state index contributed by atoms with van der Waals surface area (Å²) in [6.07, 6.45) is 0. The van der Waals surface area contributed by atoms with Crippen LogP contribution in [-0.4, -0.2) is 19.8 Å².